The van der Waals surface area contributed by atoms with Crippen LogP contribution in [-0.2, 0) is 12.7 Å². The molecular formula is C25H20Cl2F3N5O. The van der Waals surface area contributed by atoms with Gasteiger partial charge in [0.1, 0.15) is 0 Å². The van der Waals surface area contributed by atoms with Crippen LogP contribution in [0.2, 0.25) is 10.0 Å². The number of benzene rings is 2. The predicted octanol–water partition coefficient (Wildman–Crippen LogP) is 5.68. The fourth-order valence-corrected chi connectivity index (χ4v) is 4.42. The van der Waals surface area contributed by atoms with Gasteiger partial charge in [0.2, 0.25) is 0 Å². The van der Waals surface area contributed by atoms with Gasteiger partial charge in [0.15, 0.2) is 17.0 Å². The van der Waals surface area contributed by atoms with Gasteiger partial charge in [-0.1, -0.05) is 47.5 Å². The van der Waals surface area contributed by atoms with E-state index in [1.54, 1.807) is 29.2 Å². The lowest BCUT2D eigenvalue weighted by molar-refractivity contribution is -0.142. The molecule has 2 aromatic carbocycles. The Labute approximate surface area is 214 Å². The van der Waals surface area contributed by atoms with Crippen LogP contribution in [0.5, 0.6) is 0 Å². The minimum absolute atomic E-state index is 0.0560. The molecule has 1 amide bonds. The molecule has 0 radical (unpaired) electrons. The zero-order valence-electron chi connectivity index (χ0n) is 18.8. The van der Waals surface area contributed by atoms with Crippen molar-refractivity contribution >= 4 is 34.8 Å². The fourth-order valence-electron chi connectivity index (χ4n) is 4.17. The Morgan fingerprint density at radius 3 is 2.11 bits per heavy atom. The van der Waals surface area contributed by atoms with E-state index < -0.39 is 17.8 Å². The van der Waals surface area contributed by atoms with Gasteiger partial charge in [-0.15, -0.1) is 0 Å². The van der Waals surface area contributed by atoms with Crippen molar-refractivity contribution in [3.63, 3.8) is 0 Å². The number of amides is 1. The normalized spacial score (nSPS) is 15.0. The van der Waals surface area contributed by atoms with E-state index in [0.29, 0.717) is 46.3 Å². The van der Waals surface area contributed by atoms with Crippen molar-refractivity contribution in [2.24, 2.45) is 0 Å². The number of halogens is 5. The number of fused-ring (bicyclic) bond motifs is 1. The van der Waals surface area contributed by atoms with Gasteiger partial charge in [-0.05, 0) is 35.9 Å². The molecule has 0 aliphatic carbocycles. The van der Waals surface area contributed by atoms with Crippen molar-refractivity contribution in [3.8, 4) is 11.3 Å². The summed E-state index contributed by atoms with van der Waals surface area (Å²) in [4.78, 5) is 21.3. The van der Waals surface area contributed by atoms with Crippen molar-refractivity contribution in [2.45, 2.75) is 12.7 Å². The molecule has 1 aliphatic rings. The average molecular weight is 534 g/mol. The summed E-state index contributed by atoms with van der Waals surface area (Å²) >= 11 is 11.8. The molecule has 0 atom stereocenters. The van der Waals surface area contributed by atoms with E-state index in [1.807, 2.05) is 24.3 Å². The molecule has 0 N–H and O–H groups in total. The van der Waals surface area contributed by atoms with E-state index in [9.17, 15) is 18.0 Å². The molecule has 11 heteroatoms. The third kappa shape index (κ3) is 5.18. The molecule has 3 heterocycles. The van der Waals surface area contributed by atoms with Gasteiger partial charge in [0, 0.05) is 54.4 Å². The molecule has 6 nitrogen and oxygen atoms in total. The van der Waals surface area contributed by atoms with E-state index >= 15 is 0 Å². The standard InChI is InChI=1S/C25H20Cl2F3N5O/c26-18-5-1-16(2-6-18)15-33-9-11-34(12-10-33)24(36)21-14-23-31-20(17-3-7-19(27)8-4-17)13-22(25(28,29)30)35(23)32-21/h1-8,13-14H,9-12,15H2. The molecule has 36 heavy (non-hydrogen) atoms. The lowest BCUT2D eigenvalue weighted by Crippen LogP contribution is -2.48. The highest BCUT2D eigenvalue weighted by atomic mass is 35.5. The van der Waals surface area contributed by atoms with Gasteiger partial charge in [-0.3, -0.25) is 9.69 Å². The summed E-state index contributed by atoms with van der Waals surface area (Å²) in [6, 6.07) is 16.1. The van der Waals surface area contributed by atoms with E-state index in [1.165, 1.54) is 6.07 Å². The second-order valence-electron chi connectivity index (χ2n) is 8.53. The monoisotopic (exact) mass is 533 g/mol. The predicted molar refractivity (Wildman–Crippen MR) is 131 cm³/mol. The molecule has 1 fully saturated rings. The SMILES string of the molecule is O=C(c1cc2nc(-c3ccc(Cl)cc3)cc(C(F)(F)F)n2n1)N1CCN(Cc2ccc(Cl)cc2)CC1. The topological polar surface area (TPSA) is 53.7 Å². The third-order valence-corrected chi connectivity index (χ3v) is 6.56. The number of aromatic nitrogens is 3. The van der Waals surface area contributed by atoms with Crippen LogP contribution < -0.4 is 0 Å². The van der Waals surface area contributed by atoms with Crippen LogP contribution in [0.1, 0.15) is 21.7 Å². The van der Waals surface area contributed by atoms with E-state index in [-0.39, 0.29) is 17.0 Å². The first kappa shape index (κ1) is 24.5. The van der Waals surface area contributed by atoms with Crippen LogP contribution in [0.3, 0.4) is 0 Å². The van der Waals surface area contributed by atoms with Gasteiger partial charge in [0.05, 0.1) is 5.69 Å². The molecule has 0 spiro atoms. The number of alkyl halides is 3. The summed E-state index contributed by atoms with van der Waals surface area (Å²) in [6.07, 6.45) is -4.69. The van der Waals surface area contributed by atoms with Crippen molar-refractivity contribution < 1.29 is 18.0 Å². The number of rotatable bonds is 4. The number of hydrogen-bond acceptors (Lipinski definition) is 4. The summed E-state index contributed by atoms with van der Waals surface area (Å²) < 4.78 is 42.3. The van der Waals surface area contributed by atoms with Gasteiger partial charge in [-0.2, -0.15) is 18.3 Å². The molecule has 1 saturated heterocycles. The van der Waals surface area contributed by atoms with Crippen LogP contribution in [-0.4, -0.2) is 56.5 Å². The first-order chi connectivity index (χ1) is 17.2. The third-order valence-electron chi connectivity index (χ3n) is 6.06. The van der Waals surface area contributed by atoms with E-state index in [2.05, 4.69) is 15.0 Å². The molecule has 186 valence electrons. The molecule has 4 aromatic rings. The summed E-state index contributed by atoms with van der Waals surface area (Å²) in [6.45, 7) is 2.87. The molecule has 0 bridgehead atoms. The highest BCUT2D eigenvalue weighted by molar-refractivity contribution is 6.30. The van der Waals surface area contributed by atoms with Crippen molar-refractivity contribution in [3.05, 3.63) is 87.7 Å². The van der Waals surface area contributed by atoms with Gasteiger partial charge < -0.3 is 4.90 Å². The zero-order chi connectivity index (χ0) is 25.4. The Hall–Kier alpha value is -3.14. The Bertz CT molecular complexity index is 1400. The maximum absolute atomic E-state index is 13.9. The molecule has 5 rings (SSSR count). The first-order valence-corrected chi connectivity index (χ1v) is 11.9. The lowest BCUT2D eigenvalue weighted by atomic mass is 10.1. The summed E-state index contributed by atoms with van der Waals surface area (Å²) in [7, 11) is 0. The highest BCUT2D eigenvalue weighted by Crippen LogP contribution is 2.32. The number of carbonyl (C=O) groups is 1. The Balaban J connectivity index is 1.36. The van der Waals surface area contributed by atoms with Gasteiger partial charge in [0.25, 0.3) is 5.91 Å². The number of carbonyl (C=O) groups excluding carboxylic acids is 1. The lowest BCUT2D eigenvalue weighted by Gasteiger charge is -2.34. The Morgan fingerprint density at radius 1 is 0.889 bits per heavy atom. The van der Waals surface area contributed by atoms with E-state index in [0.717, 1.165) is 18.2 Å². The van der Waals surface area contributed by atoms with Crippen molar-refractivity contribution in [2.75, 3.05) is 26.2 Å². The first-order valence-electron chi connectivity index (χ1n) is 11.2. The van der Waals surface area contributed by atoms with Crippen molar-refractivity contribution in [1.82, 2.24) is 24.4 Å². The smallest absolute Gasteiger partial charge is 0.335 e. The quantitative estimate of drug-likeness (QED) is 0.338. The number of nitrogens with zero attached hydrogens (tertiary/aromatic N) is 5. The molecule has 0 saturated carbocycles. The second-order valence-corrected chi connectivity index (χ2v) is 9.40. The van der Waals surface area contributed by atoms with Crippen LogP contribution >= 0.6 is 23.2 Å². The minimum Gasteiger partial charge on any atom is -0.335 e. The second kappa shape index (κ2) is 9.72. The molecule has 0 unspecified atom stereocenters. The Kier molecular flexibility index (Phi) is 6.63. The van der Waals surface area contributed by atoms with Crippen LogP contribution in [0.15, 0.2) is 60.7 Å². The van der Waals surface area contributed by atoms with Crippen LogP contribution in [0.4, 0.5) is 13.2 Å². The summed E-state index contributed by atoms with van der Waals surface area (Å²) in [5.41, 5.74) is 0.553. The van der Waals surface area contributed by atoms with Gasteiger partial charge in [-0.25, -0.2) is 9.50 Å². The Morgan fingerprint density at radius 2 is 1.50 bits per heavy atom. The fraction of sp³-hybridized carbons (Fsp3) is 0.240. The van der Waals surface area contributed by atoms with Gasteiger partial charge >= 0.3 is 6.18 Å². The maximum Gasteiger partial charge on any atom is 0.433 e. The van der Waals surface area contributed by atoms with Crippen LogP contribution in [0, 0.1) is 0 Å². The molecular weight excluding hydrogens is 514 g/mol. The average Bonchev–Trinajstić information content (AvgIpc) is 3.29. The van der Waals surface area contributed by atoms with Crippen LogP contribution in [0.25, 0.3) is 16.9 Å². The maximum atomic E-state index is 13.9. The minimum atomic E-state index is -4.69. The highest BCUT2D eigenvalue weighted by Gasteiger charge is 2.36. The number of piperazine rings is 1. The van der Waals surface area contributed by atoms with E-state index in [4.69, 9.17) is 23.2 Å². The zero-order valence-corrected chi connectivity index (χ0v) is 20.4. The summed E-state index contributed by atoms with van der Waals surface area (Å²) in [5.74, 6) is -0.423. The number of hydrogen-bond donors (Lipinski definition) is 0. The van der Waals surface area contributed by atoms with Crippen molar-refractivity contribution in [1.29, 1.82) is 0 Å². The summed E-state index contributed by atoms with van der Waals surface area (Å²) in [5, 5.41) is 5.12. The molecule has 2 aromatic heterocycles. The molecule has 1 aliphatic heterocycles. The largest absolute Gasteiger partial charge is 0.433 e.